The van der Waals surface area contributed by atoms with E-state index in [1.54, 1.807) is 18.3 Å². The second kappa shape index (κ2) is 5.91. The number of sulfonamides is 1. The molecule has 0 radical (unpaired) electrons. The maximum atomic E-state index is 13.1. The molecule has 2 heterocycles. The van der Waals surface area contributed by atoms with Gasteiger partial charge in [0.05, 0.1) is 18.9 Å². The van der Waals surface area contributed by atoms with Crippen molar-refractivity contribution >= 4 is 15.9 Å². The lowest BCUT2D eigenvalue weighted by Gasteiger charge is -2.37. The largest absolute Gasteiger partial charge is 0.481 e. The van der Waals surface area contributed by atoms with Crippen molar-refractivity contribution in [3.8, 4) is 5.88 Å². The van der Waals surface area contributed by atoms with Crippen molar-refractivity contribution < 1.29 is 17.9 Å². The number of amides is 1. The number of nitrogens with two attached hydrogens (primary N) is 1. The average Bonchev–Trinajstić information content (AvgIpc) is 3.08. The van der Waals surface area contributed by atoms with Crippen molar-refractivity contribution in [3.63, 3.8) is 0 Å². The second-order valence-corrected chi connectivity index (χ2v) is 10.6. The molecule has 1 aromatic heterocycles. The molecule has 1 spiro atoms. The van der Waals surface area contributed by atoms with Gasteiger partial charge in [-0.1, -0.05) is 19.9 Å². The summed E-state index contributed by atoms with van der Waals surface area (Å²) in [4.78, 5) is 17.2. The van der Waals surface area contributed by atoms with Gasteiger partial charge in [0.25, 0.3) is 0 Å². The predicted molar refractivity (Wildman–Crippen MR) is 100 cm³/mol. The summed E-state index contributed by atoms with van der Waals surface area (Å²) in [6.45, 7) is 4.33. The minimum absolute atomic E-state index is 0.0611. The third-order valence-electron chi connectivity index (χ3n) is 7.44. The molecule has 1 saturated heterocycles. The number of nitrogens with zero attached hydrogens (tertiary/aromatic N) is 2. The van der Waals surface area contributed by atoms with Gasteiger partial charge in [-0.3, -0.25) is 4.79 Å². The third kappa shape index (κ3) is 2.45. The number of aromatic nitrogens is 1. The lowest BCUT2D eigenvalue weighted by Crippen LogP contribution is -2.44. The van der Waals surface area contributed by atoms with Crippen LogP contribution in [-0.4, -0.2) is 42.5 Å². The van der Waals surface area contributed by atoms with E-state index in [1.165, 1.54) is 11.4 Å². The van der Waals surface area contributed by atoms with Crippen LogP contribution >= 0.6 is 0 Å². The number of pyridine rings is 1. The molecule has 148 valence electrons. The standard InChI is InChI=1S/C19H27N3O4S/c1-18(2)12-6-7-19(18)11-27(24,25)22(15(19)9-12)16(23)10-14(20)13-5-4-8-21-17(13)26-3/h4-5,8,12,14-15H,6-7,9-11,20H2,1-3H3/t12-,14+,15-,19-/m0/s1. The molecule has 2 saturated carbocycles. The molecule has 4 rings (SSSR count). The average molecular weight is 394 g/mol. The summed E-state index contributed by atoms with van der Waals surface area (Å²) >= 11 is 0. The van der Waals surface area contributed by atoms with Gasteiger partial charge in [-0.05, 0) is 36.7 Å². The fraction of sp³-hybridized carbons (Fsp3) is 0.684. The summed E-state index contributed by atoms with van der Waals surface area (Å²) in [7, 11) is -2.13. The van der Waals surface area contributed by atoms with Crippen LogP contribution in [0.2, 0.25) is 0 Å². The normalized spacial score (nSPS) is 33.7. The molecule has 2 N–H and O–H groups in total. The topological polar surface area (TPSA) is 103 Å². The summed E-state index contributed by atoms with van der Waals surface area (Å²) in [6, 6.07) is 2.58. The van der Waals surface area contributed by atoms with Crippen molar-refractivity contribution in [2.45, 2.75) is 51.6 Å². The van der Waals surface area contributed by atoms with Gasteiger partial charge in [-0.2, -0.15) is 0 Å². The molecule has 1 aliphatic heterocycles. The van der Waals surface area contributed by atoms with Gasteiger partial charge in [-0.25, -0.2) is 17.7 Å². The Morgan fingerprint density at radius 2 is 2.22 bits per heavy atom. The predicted octanol–water partition coefficient (Wildman–Crippen LogP) is 1.85. The lowest BCUT2D eigenvalue weighted by atomic mass is 9.69. The molecule has 0 aromatic carbocycles. The molecule has 8 heteroatoms. The smallest absolute Gasteiger partial charge is 0.238 e. The molecule has 4 atom stereocenters. The zero-order chi connectivity index (χ0) is 19.6. The zero-order valence-electron chi connectivity index (χ0n) is 16.0. The fourth-order valence-electron chi connectivity index (χ4n) is 5.86. The number of hydrogen-bond donors (Lipinski definition) is 1. The highest BCUT2D eigenvalue weighted by Crippen LogP contribution is 2.70. The number of rotatable bonds is 4. The van der Waals surface area contributed by atoms with Crippen LogP contribution in [0.3, 0.4) is 0 Å². The Morgan fingerprint density at radius 3 is 2.89 bits per heavy atom. The number of fused-ring (bicyclic) bond motifs is 1. The van der Waals surface area contributed by atoms with E-state index in [0.29, 0.717) is 17.4 Å². The van der Waals surface area contributed by atoms with Crippen LogP contribution < -0.4 is 10.5 Å². The van der Waals surface area contributed by atoms with Crippen molar-refractivity contribution in [2.75, 3.05) is 12.9 Å². The van der Waals surface area contributed by atoms with Gasteiger partial charge in [0, 0.05) is 29.6 Å². The van der Waals surface area contributed by atoms with Gasteiger partial charge >= 0.3 is 0 Å². The number of carbonyl (C=O) groups is 1. The molecule has 3 aliphatic rings. The Hall–Kier alpha value is -1.67. The summed E-state index contributed by atoms with van der Waals surface area (Å²) in [6.07, 6.45) is 4.19. The molecule has 2 bridgehead atoms. The fourth-order valence-corrected chi connectivity index (χ4v) is 8.42. The van der Waals surface area contributed by atoms with Crippen LogP contribution in [0, 0.1) is 16.7 Å². The highest BCUT2D eigenvalue weighted by molar-refractivity contribution is 7.90. The van der Waals surface area contributed by atoms with Crippen molar-refractivity contribution in [1.82, 2.24) is 9.29 Å². The van der Waals surface area contributed by atoms with E-state index in [4.69, 9.17) is 10.5 Å². The molecular weight excluding hydrogens is 366 g/mol. The molecule has 3 fully saturated rings. The number of carbonyl (C=O) groups excluding carboxylic acids is 1. The van der Waals surface area contributed by atoms with Gasteiger partial charge in [0.1, 0.15) is 0 Å². The summed E-state index contributed by atoms with van der Waals surface area (Å²) in [5, 5.41) is 0. The van der Waals surface area contributed by atoms with Crippen LogP contribution in [0.1, 0.15) is 51.1 Å². The van der Waals surface area contributed by atoms with Crippen molar-refractivity contribution in [1.29, 1.82) is 0 Å². The maximum Gasteiger partial charge on any atom is 0.238 e. The minimum Gasteiger partial charge on any atom is -0.481 e. The van der Waals surface area contributed by atoms with Crippen LogP contribution in [0.15, 0.2) is 18.3 Å². The van der Waals surface area contributed by atoms with Gasteiger partial charge in [-0.15, -0.1) is 0 Å². The van der Waals surface area contributed by atoms with Gasteiger partial charge in [0.2, 0.25) is 21.8 Å². The molecule has 2 aliphatic carbocycles. The second-order valence-electron chi connectivity index (χ2n) is 8.72. The van der Waals surface area contributed by atoms with E-state index in [2.05, 4.69) is 18.8 Å². The molecule has 0 unspecified atom stereocenters. The maximum absolute atomic E-state index is 13.1. The van der Waals surface area contributed by atoms with Crippen molar-refractivity contribution in [3.05, 3.63) is 23.9 Å². The van der Waals surface area contributed by atoms with Gasteiger partial charge < -0.3 is 10.5 Å². The van der Waals surface area contributed by atoms with Crippen LogP contribution in [0.4, 0.5) is 0 Å². The van der Waals surface area contributed by atoms with Crippen LogP contribution in [0.5, 0.6) is 5.88 Å². The lowest BCUT2D eigenvalue weighted by molar-refractivity contribution is -0.129. The minimum atomic E-state index is -3.62. The van der Waals surface area contributed by atoms with Gasteiger partial charge in [0.15, 0.2) is 0 Å². The summed E-state index contributed by atoms with van der Waals surface area (Å²) in [5.74, 6) is 0.490. The number of methoxy groups -OCH3 is 1. The van der Waals surface area contributed by atoms with E-state index in [1.807, 2.05) is 0 Å². The van der Waals surface area contributed by atoms with Crippen molar-refractivity contribution in [2.24, 2.45) is 22.5 Å². The van der Waals surface area contributed by atoms with E-state index in [9.17, 15) is 13.2 Å². The Labute approximate surface area is 160 Å². The molecule has 27 heavy (non-hydrogen) atoms. The first-order valence-electron chi connectivity index (χ1n) is 9.43. The summed E-state index contributed by atoms with van der Waals surface area (Å²) < 4.78 is 32.3. The highest BCUT2D eigenvalue weighted by Gasteiger charge is 2.72. The third-order valence-corrected chi connectivity index (χ3v) is 9.38. The Morgan fingerprint density at radius 1 is 1.48 bits per heavy atom. The van der Waals surface area contributed by atoms with E-state index >= 15 is 0 Å². The number of hydrogen-bond acceptors (Lipinski definition) is 6. The molecule has 1 amide bonds. The summed E-state index contributed by atoms with van der Waals surface area (Å²) in [5.41, 5.74) is 6.46. The van der Waals surface area contributed by atoms with E-state index in [0.717, 1.165) is 19.3 Å². The first kappa shape index (κ1) is 18.7. The molecular formula is C19H27N3O4S. The van der Waals surface area contributed by atoms with Crippen LogP contribution in [0.25, 0.3) is 0 Å². The van der Waals surface area contributed by atoms with E-state index < -0.39 is 22.0 Å². The molecule has 7 nitrogen and oxygen atoms in total. The highest BCUT2D eigenvalue weighted by atomic mass is 32.2. The quantitative estimate of drug-likeness (QED) is 0.837. The first-order valence-corrected chi connectivity index (χ1v) is 11.0. The zero-order valence-corrected chi connectivity index (χ0v) is 16.8. The molecule has 1 aromatic rings. The number of ether oxygens (including phenoxy) is 1. The Balaban J connectivity index is 1.61. The Bertz CT molecular complexity index is 885. The van der Waals surface area contributed by atoms with E-state index in [-0.39, 0.29) is 29.0 Å². The van der Waals surface area contributed by atoms with Crippen LogP contribution in [-0.2, 0) is 14.8 Å². The SMILES string of the molecule is COc1ncccc1[C@H](N)CC(=O)N1[C@H]2C[C@@H]3CC[C@@]2(CS1(=O)=O)C3(C)C. The Kier molecular flexibility index (Phi) is 4.09. The monoisotopic (exact) mass is 393 g/mol. The first-order chi connectivity index (χ1) is 12.6.